The van der Waals surface area contributed by atoms with Crippen molar-refractivity contribution in [2.45, 2.75) is 43.4 Å². The summed E-state index contributed by atoms with van der Waals surface area (Å²) in [5.41, 5.74) is 6.99. The molecule has 0 bridgehead atoms. The number of hydrogen-bond acceptors (Lipinski definition) is 9. The van der Waals surface area contributed by atoms with Gasteiger partial charge in [0.05, 0.1) is 19.0 Å². The van der Waals surface area contributed by atoms with Crippen LogP contribution in [0.3, 0.4) is 0 Å². The van der Waals surface area contributed by atoms with E-state index in [2.05, 4.69) is 25.9 Å². The molecular weight excluding hydrogens is 504 g/mol. The first-order chi connectivity index (χ1) is 17.6. The van der Waals surface area contributed by atoms with Gasteiger partial charge in [-0.05, 0) is 36.1 Å². The van der Waals surface area contributed by atoms with Gasteiger partial charge in [-0.15, -0.1) is 0 Å². The van der Waals surface area contributed by atoms with Gasteiger partial charge in [-0.3, -0.25) is 14.4 Å². The van der Waals surface area contributed by atoms with Crippen LogP contribution in [-0.4, -0.2) is 91.8 Å². The number of aliphatic hydroxyl groups excluding tert-OH is 1. The number of benzene rings is 1. The van der Waals surface area contributed by atoms with E-state index in [0.717, 1.165) is 0 Å². The molecule has 9 N–H and O–H groups in total. The lowest BCUT2D eigenvalue weighted by Gasteiger charge is -2.24. The van der Waals surface area contributed by atoms with E-state index in [1.807, 2.05) is 6.26 Å². The molecule has 1 heterocycles. The van der Waals surface area contributed by atoms with Crippen LogP contribution in [-0.2, 0) is 32.0 Å². The zero-order valence-corrected chi connectivity index (χ0v) is 21.0. The third-order valence-corrected chi connectivity index (χ3v) is 6.03. The molecule has 1 aromatic carbocycles. The molecule has 0 aliphatic carbocycles. The third-order valence-electron chi connectivity index (χ3n) is 5.39. The fourth-order valence-corrected chi connectivity index (χ4v) is 3.78. The van der Waals surface area contributed by atoms with E-state index in [1.54, 1.807) is 12.1 Å². The summed E-state index contributed by atoms with van der Waals surface area (Å²) in [5.74, 6) is -2.93. The zero-order valence-electron chi connectivity index (χ0n) is 20.2. The topological polar surface area (TPSA) is 220 Å². The van der Waals surface area contributed by atoms with Crippen LogP contribution in [0.5, 0.6) is 5.75 Å². The van der Waals surface area contributed by atoms with Gasteiger partial charge in [0.25, 0.3) is 0 Å². The largest absolute Gasteiger partial charge is 0.508 e. The normalized spacial score (nSPS) is 14.1. The summed E-state index contributed by atoms with van der Waals surface area (Å²) in [6.45, 7) is -0.818. The van der Waals surface area contributed by atoms with Gasteiger partial charge in [-0.2, -0.15) is 11.8 Å². The number of phenolic OH excluding ortho intramolecular Hbond substituents is 1. The van der Waals surface area contributed by atoms with Gasteiger partial charge in [-0.25, -0.2) is 9.78 Å². The molecule has 4 unspecified atom stereocenters. The van der Waals surface area contributed by atoms with Crippen molar-refractivity contribution in [3.05, 3.63) is 48.0 Å². The molecule has 0 aliphatic heterocycles. The lowest BCUT2D eigenvalue weighted by Crippen LogP contribution is -2.58. The van der Waals surface area contributed by atoms with E-state index < -0.39 is 54.5 Å². The molecule has 0 fully saturated rings. The van der Waals surface area contributed by atoms with Gasteiger partial charge in [0.1, 0.15) is 23.9 Å². The number of aromatic nitrogens is 2. The highest BCUT2D eigenvalue weighted by molar-refractivity contribution is 7.98. The van der Waals surface area contributed by atoms with Crippen LogP contribution in [0.1, 0.15) is 17.7 Å². The number of aromatic hydroxyl groups is 1. The number of thioether (sulfide) groups is 1. The van der Waals surface area contributed by atoms with Crippen molar-refractivity contribution in [2.75, 3.05) is 18.6 Å². The van der Waals surface area contributed by atoms with Crippen molar-refractivity contribution in [1.82, 2.24) is 25.9 Å². The Morgan fingerprint density at radius 2 is 1.62 bits per heavy atom. The van der Waals surface area contributed by atoms with E-state index in [0.29, 0.717) is 23.4 Å². The van der Waals surface area contributed by atoms with Crippen LogP contribution in [0.2, 0.25) is 0 Å². The molecule has 202 valence electrons. The number of nitrogens with two attached hydrogens (primary N) is 1. The van der Waals surface area contributed by atoms with Crippen LogP contribution in [0.25, 0.3) is 0 Å². The second kappa shape index (κ2) is 14.8. The number of carbonyl (C=O) groups excluding carboxylic acids is 3. The maximum atomic E-state index is 13.1. The number of carboxylic acids is 1. The number of carboxylic acid groups (broad SMARTS) is 1. The van der Waals surface area contributed by atoms with E-state index >= 15 is 0 Å². The summed E-state index contributed by atoms with van der Waals surface area (Å²) in [5, 5.41) is 36.0. The average Bonchev–Trinajstić information content (AvgIpc) is 3.39. The smallest absolute Gasteiger partial charge is 0.326 e. The Labute approximate surface area is 217 Å². The predicted octanol–water partition coefficient (Wildman–Crippen LogP) is -1.49. The monoisotopic (exact) mass is 536 g/mol. The number of rotatable bonds is 15. The molecule has 4 atom stereocenters. The highest BCUT2D eigenvalue weighted by Gasteiger charge is 2.30. The Kier molecular flexibility index (Phi) is 11.9. The molecule has 0 spiro atoms. The molecule has 3 amide bonds. The number of nitrogens with zero attached hydrogens (tertiary/aromatic N) is 1. The number of imidazole rings is 1. The number of hydrogen-bond donors (Lipinski definition) is 8. The fraction of sp³-hybridized carbons (Fsp3) is 0.435. The highest BCUT2D eigenvalue weighted by atomic mass is 32.2. The summed E-state index contributed by atoms with van der Waals surface area (Å²) >= 11 is 1.52. The summed E-state index contributed by atoms with van der Waals surface area (Å²) in [4.78, 5) is 56.6. The molecule has 0 saturated carbocycles. The van der Waals surface area contributed by atoms with Gasteiger partial charge < -0.3 is 42.0 Å². The van der Waals surface area contributed by atoms with Crippen molar-refractivity contribution < 1.29 is 34.5 Å². The maximum absolute atomic E-state index is 13.1. The predicted molar refractivity (Wildman–Crippen MR) is 136 cm³/mol. The van der Waals surface area contributed by atoms with Gasteiger partial charge in [0.2, 0.25) is 17.7 Å². The summed E-state index contributed by atoms with van der Waals surface area (Å²) in [6.07, 6.45) is 4.94. The average molecular weight is 537 g/mol. The second-order valence-electron chi connectivity index (χ2n) is 8.24. The second-order valence-corrected chi connectivity index (χ2v) is 9.23. The molecule has 14 heteroatoms. The molecule has 0 aliphatic rings. The Balaban J connectivity index is 2.12. The van der Waals surface area contributed by atoms with E-state index in [-0.39, 0.29) is 18.6 Å². The van der Waals surface area contributed by atoms with Crippen molar-refractivity contribution in [3.63, 3.8) is 0 Å². The standard InChI is InChI=1S/C23H32N6O7S/c1-37-7-6-16(24)20(32)27-17(8-13-2-4-15(31)5-3-13)21(33)29-19(11-30)22(34)28-18(23(35)36)9-14-10-25-12-26-14/h2-5,10,12,16-19,30-31H,6-9,11,24H2,1H3,(H,25,26)(H,27,32)(H,28,34)(H,29,33)(H,35,36). The number of aliphatic carboxylic acids is 1. The number of aliphatic hydroxyl groups is 1. The van der Waals surface area contributed by atoms with Crippen molar-refractivity contribution in [3.8, 4) is 5.75 Å². The van der Waals surface area contributed by atoms with Gasteiger partial charge >= 0.3 is 5.97 Å². The number of amides is 3. The van der Waals surface area contributed by atoms with Crippen LogP contribution >= 0.6 is 11.8 Å². The van der Waals surface area contributed by atoms with Crippen molar-refractivity contribution >= 4 is 35.5 Å². The molecular formula is C23H32N6O7S. The Morgan fingerprint density at radius 3 is 2.19 bits per heavy atom. The lowest BCUT2D eigenvalue weighted by molar-refractivity contribution is -0.142. The minimum atomic E-state index is -1.49. The third kappa shape index (κ3) is 9.74. The number of carbonyl (C=O) groups is 4. The fourth-order valence-electron chi connectivity index (χ4n) is 3.29. The first kappa shape index (κ1) is 29.6. The van der Waals surface area contributed by atoms with Crippen molar-refractivity contribution in [2.24, 2.45) is 5.73 Å². The summed E-state index contributed by atoms with van der Waals surface area (Å²) < 4.78 is 0. The molecule has 2 rings (SSSR count). The molecule has 37 heavy (non-hydrogen) atoms. The van der Waals surface area contributed by atoms with Gasteiger partial charge in [0, 0.05) is 24.7 Å². The van der Waals surface area contributed by atoms with Crippen LogP contribution in [0.15, 0.2) is 36.8 Å². The van der Waals surface area contributed by atoms with Crippen molar-refractivity contribution in [1.29, 1.82) is 0 Å². The van der Waals surface area contributed by atoms with Crippen LogP contribution in [0.4, 0.5) is 0 Å². The van der Waals surface area contributed by atoms with Crippen LogP contribution in [0, 0.1) is 0 Å². The van der Waals surface area contributed by atoms with E-state index in [9.17, 15) is 34.5 Å². The van der Waals surface area contributed by atoms with Gasteiger partial charge in [-0.1, -0.05) is 12.1 Å². The minimum absolute atomic E-state index is 0.00441. The Bertz CT molecular complexity index is 1030. The number of H-pyrrole nitrogens is 1. The SMILES string of the molecule is CSCCC(N)C(=O)NC(Cc1ccc(O)cc1)C(=O)NC(CO)C(=O)NC(Cc1cnc[nH]1)C(=O)O. The molecule has 13 nitrogen and oxygen atoms in total. The minimum Gasteiger partial charge on any atom is -0.508 e. The Hall–Kier alpha value is -3.62. The molecule has 0 radical (unpaired) electrons. The first-order valence-corrected chi connectivity index (χ1v) is 12.8. The van der Waals surface area contributed by atoms with E-state index in [1.165, 1.54) is 36.4 Å². The van der Waals surface area contributed by atoms with E-state index in [4.69, 9.17) is 5.73 Å². The quantitative estimate of drug-likeness (QED) is 0.132. The lowest BCUT2D eigenvalue weighted by atomic mass is 10.0. The number of phenols is 1. The Morgan fingerprint density at radius 1 is 1.00 bits per heavy atom. The molecule has 1 aromatic heterocycles. The zero-order chi connectivity index (χ0) is 27.4. The highest BCUT2D eigenvalue weighted by Crippen LogP contribution is 2.12. The maximum Gasteiger partial charge on any atom is 0.326 e. The molecule has 0 saturated heterocycles. The number of nitrogens with one attached hydrogen (secondary N) is 4. The first-order valence-electron chi connectivity index (χ1n) is 11.4. The summed E-state index contributed by atoms with van der Waals surface area (Å²) in [7, 11) is 0. The molecule has 2 aromatic rings. The van der Waals surface area contributed by atoms with Gasteiger partial charge in [0.15, 0.2) is 0 Å². The number of aromatic amines is 1. The van der Waals surface area contributed by atoms with Crippen LogP contribution < -0.4 is 21.7 Å². The summed E-state index contributed by atoms with van der Waals surface area (Å²) in [6, 6.07) is 1.12.